The number of benzene rings is 2. The summed E-state index contributed by atoms with van der Waals surface area (Å²) in [6.45, 7) is 8.64. The number of rotatable bonds is 7. The molecule has 7 heteroatoms. The van der Waals surface area contributed by atoms with Crippen molar-refractivity contribution < 1.29 is 14.1 Å². The second-order valence-electron chi connectivity index (χ2n) is 7.88. The highest BCUT2D eigenvalue weighted by Gasteiger charge is 2.21. The molecule has 0 unspecified atom stereocenters. The second kappa shape index (κ2) is 9.09. The summed E-state index contributed by atoms with van der Waals surface area (Å²) in [6.07, 6.45) is 3.42. The SMILES string of the molecule is Cc1ccccc1Cn1cc(NC(=O)c2noc(C)c2COc2c(C)cccc2C)cn1. The van der Waals surface area contributed by atoms with Crippen molar-refractivity contribution in [1.29, 1.82) is 0 Å². The highest BCUT2D eigenvalue weighted by atomic mass is 16.5. The van der Waals surface area contributed by atoms with Crippen molar-refractivity contribution in [2.75, 3.05) is 5.32 Å². The first-order chi connectivity index (χ1) is 15.4. The lowest BCUT2D eigenvalue weighted by molar-refractivity contribution is 0.101. The summed E-state index contributed by atoms with van der Waals surface area (Å²) in [6, 6.07) is 14.1. The molecule has 0 fully saturated rings. The first kappa shape index (κ1) is 21.4. The maximum Gasteiger partial charge on any atom is 0.278 e. The van der Waals surface area contributed by atoms with E-state index in [-0.39, 0.29) is 18.2 Å². The zero-order valence-electron chi connectivity index (χ0n) is 18.7. The number of aryl methyl sites for hydroxylation is 4. The fourth-order valence-corrected chi connectivity index (χ4v) is 3.58. The minimum atomic E-state index is -0.364. The normalized spacial score (nSPS) is 10.9. The standard InChI is InChI=1S/C25H26N4O3/c1-16-8-5-6-11-20(16)13-29-14-21(12-26-29)27-25(30)23-22(19(4)32-28-23)15-31-24-17(2)9-7-10-18(24)3/h5-12,14H,13,15H2,1-4H3,(H,27,30). The number of ether oxygens (including phenoxy) is 1. The first-order valence-corrected chi connectivity index (χ1v) is 10.4. The van der Waals surface area contributed by atoms with Crippen molar-refractivity contribution in [3.63, 3.8) is 0 Å². The Morgan fingerprint density at radius 2 is 1.75 bits per heavy atom. The molecular weight excluding hydrogens is 404 g/mol. The van der Waals surface area contributed by atoms with Gasteiger partial charge in [0, 0.05) is 6.20 Å². The average molecular weight is 431 g/mol. The zero-order chi connectivity index (χ0) is 22.7. The van der Waals surface area contributed by atoms with Crippen molar-refractivity contribution >= 4 is 11.6 Å². The number of nitrogens with one attached hydrogen (secondary N) is 1. The topological polar surface area (TPSA) is 82.2 Å². The molecular formula is C25H26N4O3. The van der Waals surface area contributed by atoms with Gasteiger partial charge in [-0.1, -0.05) is 47.6 Å². The van der Waals surface area contributed by atoms with Gasteiger partial charge in [-0.3, -0.25) is 9.48 Å². The summed E-state index contributed by atoms with van der Waals surface area (Å²) >= 11 is 0. The molecule has 164 valence electrons. The predicted octanol–water partition coefficient (Wildman–Crippen LogP) is 4.98. The predicted molar refractivity (Wildman–Crippen MR) is 122 cm³/mol. The van der Waals surface area contributed by atoms with Crippen molar-refractivity contribution in [2.45, 2.75) is 40.8 Å². The fourth-order valence-electron chi connectivity index (χ4n) is 3.58. The van der Waals surface area contributed by atoms with Crippen LogP contribution in [-0.2, 0) is 13.2 Å². The molecule has 0 radical (unpaired) electrons. The van der Waals surface area contributed by atoms with Gasteiger partial charge in [0.15, 0.2) is 5.69 Å². The lowest BCUT2D eigenvalue weighted by atomic mass is 10.1. The maximum absolute atomic E-state index is 12.9. The Morgan fingerprint density at radius 3 is 2.50 bits per heavy atom. The van der Waals surface area contributed by atoms with Gasteiger partial charge in [0.25, 0.3) is 5.91 Å². The Kier molecular flexibility index (Phi) is 6.07. The fraction of sp³-hybridized carbons (Fsp3) is 0.240. The third kappa shape index (κ3) is 4.56. The van der Waals surface area contributed by atoms with Gasteiger partial charge in [0.1, 0.15) is 18.1 Å². The van der Waals surface area contributed by atoms with E-state index in [1.54, 1.807) is 24.0 Å². The van der Waals surface area contributed by atoms with Crippen LogP contribution < -0.4 is 10.1 Å². The number of carbonyl (C=O) groups is 1. The molecule has 1 N–H and O–H groups in total. The van der Waals surface area contributed by atoms with Crippen LogP contribution in [-0.4, -0.2) is 20.8 Å². The molecule has 0 spiro atoms. The van der Waals surface area contributed by atoms with Crippen LogP contribution in [0, 0.1) is 27.7 Å². The number of nitrogens with zero attached hydrogens (tertiary/aromatic N) is 3. The Balaban J connectivity index is 1.46. The third-order valence-electron chi connectivity index (χ3n) is 5.45. The first-order valence-electron chi connectivity index (χ1n) is 10.4. The Morgan fingerprint density at radius 1 is 1.03 bits per heavy atom. The molecule has 0 saturated carbocycles. The van der Waals surface area contributed by atoms with Crippen LogP contribution in [0.25, 0.3) is 0 Å². The number of hydrogen-bond donors (Lipinski definition) is 1. The molecule has 32 heavy (non-hydrogen) atoms. The van der Waals surface area contributed by atoms with Crippen molar-refractivity contribution in [3.8, 4) is 5.75 Å². The molecule has 0 bridgehead atoms. The third-order valence-corrected chi connectivity index (χ3v) is 5.45. The van der Waals surface area contributed by atoms with E-state index in [4.69, 9.17) is 9.26 Å². The summed E-state index contributed by atoms with van der Waals surface area (Å²) in [4.78, 5) is 12.9. The molecule has 4 aromatic rings. The summed E-state index contributed by atoms with van der Waals surface area (Å²) < 4.78 is 13.1. The van der Waals surface area contributed by atoms with E-state index < -0.39 is 0 Å². The van der Waals surface area contributed by atoms with Gasteiger partial charge in [0.2, 0.25) is 0 Å². The highest BCUT2D eigenvalue weighted by Crippen LogP contribution is 2.25. The second-order valence-corrected chi connectivity index (χ2v) is 7.88. The monoisotopic (exact) mass is 430 g/mol. The summed E-state index contributed by atoms with van der Waals surface area (Å²) in [5, 5.41) is 11.2. The van der Waals surface area contributed by atoms with Crippen LogP contribution in [0.1, 0.15) is 44.1 Å². The number of amides is 1. The van der Waals surface area contributed by atoms with Gasteiger partial charge in [-0.05, 0) is 49.9 Å². The van der Waals surface area contributed by atoms with Gasteiger partial charge in [-0.2, -0.15) is 5.10 Å². The van der Waals surface area contributed by atoms with Crippen LogP contribution in [0.3, 0.4) is 0 Å². The number of anilines is 1. The molecule has 0 aliphatic rings. The molecule has 2 aromatic heterocycles. The molecule has 1 amide bonds. The van der Waals surface area contributed by atoms with E-state index in [1.807, 2.05) is 44.2 Å². The van der Waals surface area contributed by atoms with Crippen molar-refractivity contribution in [2.24, 2.45) is 0 Å². The van der Waals surface area contributed by atoms with Crippen LogP contribution in [0.15, 0.2) is 59.4 Å². The number of aromatic nitrogens is 3. The molecule has 0 aliphatic heterocycles. The molecule has 7 nitrogen and oxygen atoms in total. The quantitative estimate of drug-likeness (QED) is 0.447. The molecule has 0 atom stereocenters. The van der Waals surface area contributed by atoms with E-state index >= 15 is 0 Å². The zero-order valence-corrected chi connectivity index (χ0v) is 18.7. The smallest absolute Gasteiger partial charge is 0.278 e. The van der Waals surface area contributed by atoms with Gasteiger partial charge in [-0.15, -0.1) is 0 Å². The van der Waals surface area contributed by atoms with Crippen LogP contribution in [0.4, 0.5) is 5.69 Å². The van der Waals surface area contributed by atoms with E-state index in [0.29, 0.717) is 23.6 Å². The van der Waals surface area contributed by atoms with Gasteiger partial charge >= 0.3 is 0 Å². The summed E-state index contributed by atoms with van der Waals surface area (Å²) in [7, 11) is 0. The summed E-state index contributed by atoms with van der Waals surface area (Å²) in [5.74, 6) is 0.992. The highest BCUT2D eigenvalue weighted by molar-refractivity contribution is 6.03. The largest absolute Gasteiger partial charge is 0.488 e. The lowest BCUT2D eigenvalue weighted by Crippen LogP contribution is -2.15. The number of hydrogen-bond acceptors (Lipinski definition) is 5. The molecule has 4 rings (SSSR count). The van der Waals surface area contributed by atoms with Crippen molar-refractivity contribution in [3.05, 3.63) is 94.1 Å². The Hall–Kier alpha value is -3.87. The molecule has 0 aliphatic carbocycles. The molecule has 2 aromatic carbocycles. The van der Waals surface area contributed by atoms with Gasteiger partial charge < -0.3 is 14.6 Å². The van der Waals surface area contributed by atoms with E-state index in [2.05, 4.69) is 34.6 Å². The van der Waals surface area contributed by atoms with Crippen LogP contribution >= 0.6 is 0 Å². The van der Waals surface area contributed by atoms with Crippen LogP contribution in [0.5, 0.6) is 5.75 Å². The number of carbonyl (C=O) groups excluding carboxylic acids is 1. The van der Waals surface area contributed by atoms with Gasteiger partial charge in [0.05, 0.1) is 24.0 Å². The van der Waals surface area contributed by atoms with E-state index in [0.717, 1.165) is 16.9 Å². The lowest BCUT2D eigenvalue weighted by Gasteiger charge is -2.12. The van der Waals surface area contributed by atoms with E-state index in [9.17, 15) is 4.79 Å². The molecule has 0 saturated heterocycles. The Bertz CT molecular complexity index is 1240. The minimum Gasteiger partial charge on any atom is -0.488 e. The van der Waals surface area contributed by atoms with E-state index in [1.165, 1.54) is 11.1 Å². The van der Waals surface area contributed by atoms with Crippen LogP contribution in [0.2, 0.25) is 0 Å². The molecule has 2 heterocycles. The van der Waals surface area contributed by atoms with Gasteiger partial charge in [-0.25, -0.2) is 0 Å². The van der Waals surface area contributed by atoms with Crippen molar-refractivity contribution in [1.82, 2.24) is 14.9 Å². The Labute approximate surface area is 187 Å². The maximum atomic E-state index is 12.9. The average Bonchev–Trinajstić information content (AvgIpc) is 3.35. The summed E-state index contributed by atoms with van der Waals surface area (Å²) in [5.41, 5.74) is 5.85. The number of para-hydroxylation sites is 1. The minimum absolute atomic E-state index is 0.191.